The highest BCUT2D eigenvalue weighted by atomic mass is 16.7. The third-order valence-corrected chi connectivity index (χ3v) is 6.24. The van der Waals surface area contributed by atoms with Gasteiger partial charge in [0, 0.05) is 25.4 Å². The van der Waals surface area contributed by atoms with Crippen LogP contribution in [0.15, 0.2) is 102 Å². The van der Waals surface area contributed by atoms with Crippen molar-refractivity contribution in [2.24, 2.45) is 0 Å². The van der Waals surface area contributed by atoms with Crippen molar-refractivity contribution < 1.29 is 14.3 Å². The Morgan fingerprint density at radius 1 is 0.903 bits per heavy atom. The Hall–Kier alpha value is -3.01. The minimum Gasteiger partial charge on any atom is -0.343 e. The lowest BCUT2D eigenvalue weighted by Crippen LogP contribution is -2.54. The zero-order valence-electron chi connectivity index (χ0n) is 18.2. The van der Waals surface area contributed by atoms with Crippen molar-refractivity contribution in [1.29, 1.82) is 0 Å². The first-order valence-corrected chi connectivity index (χ1v) is 10.7. The quantitative estimate of drug-likeness (QED) is 0.520. The largest absolute Gasteiger partial charge is 0.343 e. The number of allylic oxidation sites excluding steroid dienone is 3. The first-order chi connectivity index (χ1) is 15.2. The van der Waals surface area contributed by atoms with Crippen molar-refractivity contribution in [3.63, 3.8) is 0 Å². The smallest absolute Gasteiger partial charge is 0.261 e. The van der Waals surface area contributed by atoms with Crippen LogP contribution in [0.1, 0.15) is 36.8 Å². The number of rotatable bonds is 7. The Balaban J connectivity index is 1.98. The molecule has 2 aliphatic carbocycles. The van der Waals surface area contributed by atoms with Crippen LogP contribution in [0.5, 0.6) is 0 Å². The lowest BCUT2D eigenvalue weighted by atomic mass is 9.71. The van der Waals surface area contributed by atoms with Gasteiger partial charge in [0.15, 0.2) is 0 Å². The Morgan fingerprint density at radius 2 is 1.45 bits per heavy atom. The molecule has 0 N–H and O–H groups in total. The molecule has 31 heavy (non-hydrogen) atoms. The fourth-order valence-electron chi connectivity index (χ4n) is 4.62. The normalized spacial score (nSPS) is 17.9. The van der Waals surface area contributed by atoms with Crippen LogP contribution in [0.3, 0.4) is 0 Å². The van der Waals surface area contributed by atoms with E-state index in [0.717, 1.165) is 64.7 Å². The van der Waals surface area contributed by atoms with Crippen molar-refractivity contribution in [1.82, 2.24) is 0 Å². The summed E-state index contributed by atoms with van der Waals surface area (Å²) in [7, 11) is 3.06. The van der Waals surface area contributed by atoms with Crippen LogP contribution in [-0.2, 0) is 14.3 Å². The molecule has 2 aromatic rings. The number of methoxy groups -OCH3 is 2. The van der Waals surface area contributed by atoms with E-state index in [-0.39, 0.29) is 5.78 Å². The molecule has 0 heterocycles. The highest BCUT2D eigenvalue weighted by molar-refractivity contribution is 6.16. The van der Waals surface area contributed by atoms with Crippen LogP contribution in [0, 0.1) is 0 Å². The summed E-state index contributed by atoms with van der Waals surface area (Å²) in [4.78, 5) is 13.4. The third kappa shape index (κ3) is 3.65. The van der Waals surface area contributed by atoms with Crippen LogP contribution < -0.4 is 0 Å². The average Bonchev–Trinajstić information content (AvgIpc) is 2.84. The van der Waals surface area contributed by atoms with Gasteiger partial charge in [-0.3, -0.25) is 4.79 Å². The molecule has 0 radical (unpaired) electrons. The van der Waals surface area contributed by atoms with Gasteiger partial charge < -0.3 is 9.47 Å². The van der Waals surface area contributed by atoms with Gasteiger partial charge in [0.1, 0.15) is 0 Å². The molecule has 4 rings (SSSR count). The van der Waals surface area contributed by atoms with Gasteiger partial charge in [0.05, 0.1) is 0 Å². The number of hydrogen-bond donors (Lipinski definition) is 0. The van der Waals surface area contributed by atoms with Crippen LogP contribution >= 0.6 is 0 Å². The standard InChI is InChI=1S/C28H28O3/c1-4-20-13-11-12-18-23(20)26-25(28(30-2,31-3)27(26)29)19-24(21-14-7-5-8-15-21)22-16-9-6-10-17-22/h4-10,14-17,19H,1,11-13,18H2,2-3H3. The summed E-state index contributed by atoms with van der Waals surface area (Å²) >= 11 is 0. The van der Waals surface area contributed by atoms with Gasteiger partial charge in [0.2, 0.25) is 5.78 Å². The summed E-state index contributed by atoms with van der Waals surface area (Å²) in [5.74, 6) is -1.48. The molecule has 3 nitrogen and oxygen atoms in total. The number of ether oxygens (including phenoxy) is 2. The molecule has 0 saturated heterocycles. The molecular weight excluding hydrogens is 384 g/mol. The fourth-order valence-corrected chi connectivity index (χ4v) is 4.62. The predicted octanol–water partition coefficient (Wildman–Crippen LogP) is 6.04. The van der Waals surface area contributed by atoms with Crippen molar-refractivity contribution in [2.45, 2.75) is 31.5 Å². The lowest BCUT2D eigenvalue weighted by molar-refractivity contribution is -0.193. The highest BCUT2D eigenvalue weighted by Gasteiger charge is 2.55. The Kier molecular flexibility index (Phi) is 6.17. The second-order valence-corrected chi connectivity index (χ2v) is 7.85. The Morgan fingerprint density at radius 3 is 1.97 bits per heavy atom. The van der Waals surface area contributed by atoms with E-state index in [0.29, 0.717) is 0 Å². The zero-order valence-corrected chi connectivity index (χ0v) is 18.2. The molecule has 158 valence electrons. The summed E-state index contributed by atoms with van der Waals surface area (Å²) < 4.78 is 11.4. The molecular formula is C28H28O3. The van der Waals surface area contributed by atoms with Crippen molar-refractivity contribution in [3.8, 4) is 0 Å². The summed E-state index contributed by atoms with van der Waals surface area (Å²) in [6.07, 6.45) is 7.97. The molecule has 0 saturated carbocycles. The van der Waals surface area contributed by atoms with Crippen molar-refractivity contribution in [3.05, 3.63) is 113 Å². The van der Waals surface area contributed by atoms with E-state index in [1.54, 1.807) is 0 Å². The van der Waals surface area contributed by atoms with E-state index in [9.17, 15) is 4.79 Å². The monoisotopic (exact) mass is 412 g/mol. The van der Waals surface area contributed by atoms with E-state index < -0.39 is 5.79 Å². The number of ketones is 1. The van der Waals surface area contributed by atoms with Crippen LogP contribution in [0.2, 0.25) is 0 Å². The second kappa shape index (κ2) is 9.01. The SMILES string of the molecule is C=CC1=C(C2=C(C=C(c3ccccc3)c3ccccc3)C(OC)(OC)C2=O)CCCC1. The first kappa shape index (κ1) is 21.2. The van der Waals surface area contributed by atoms with Gasteiger partial charge in [0.25, 0.3) is 5.79 Å². The van der Waals surface area contributed by atoms with Gasteiger partial charge in [-0.25, -0.2) is 0 Å². The molecule has 0 amide bonds. The minimum atomic E-state index is -1.37. The van der Waals surface area contributed by atoms with E-state index >= 15 is 0 Å². The van der Waals surface area contributed by atoms with Gasteiger partial charge in [-0.1, -0.05) is 73.3 Å². The van der Waals surface area contributed by atoms with E-state index in [4.69, 9.17) is 9.47 Å². The van der Waals surface area contributed by atoms with E-state index in [1.807, 2.05) is 42.5 Å². The number of carbonyl (C=O) groups is 1. The molecule has 2 aliphatic rings. The van der Waals surface area contributed by atoms with E-state index in [1.165, 1.54) is 14.2 Å². The summed E-state index contributed by atoms with van der Waals surface area (Å²) in [6.45, 7) is 3.99. The molecule has 0 fully saturated rings. The Bertz CT molecular complexity index is 1030. The molecule has 3 heteroatoms. The highest BCUT2D eigenvalue weighted by Crippen LogP contribution is 2.47. The summed E-state index contributed by atoms with van der Waals surface area (Å²) in [6, 6.07) is 20.4. The average molecular weight is 413 g/mol. The van der Waals surface area contributed by atoms with Crippen LogP contribution in [-0.4, -0.2) is 25.8 Å². The predicted molar refractivity (Wildman–Crippen MR) is 124 cm³/mol. The van der Waals surface area contributed by atoms with Gasteiger partial charge >= 0.3 is 0 Å². The number of carbonyl (C=O) groups excluding carboxylic acids is 1. The summed E-state index contributed by atoms with van der Waals surface area (Å²) in [5.41, 5.74) is 6.91. The maximum atomic E-state index is 13.4. The number of benzene rings is 2. The number of hydrogen-bond acceptors (Lipinski definition) is 3. The van der Waals surface area contributed by atoms with Gasteiger partial charge in [-0.05, 0) is 59.6 Å². The minimum absolute atomic E-state index is 0.111. The molecule has 0 spiro atoms. The van der Waals surface area contributed by atoms with E-state index in [2.05, 4.69) is 36.9 Å². The molecule has 2 aromatic carbocycles. The van der Waals surface area contributed by atoms with Crippen LogP contribution in [0.25, 0.3) is 5.57 Å². The molecule has 0 aliphatic heterocycles. The fraction of sp³-hybridized carbons (Fsp3) is 0.250. The molecule has 0 bridgehead atoms. The Labute approximate surface area is 184 Å². The lowest BCUT2D eigenvalue weighted by Gasteiger charge is -2.42. The molecule has 0 aromatic heterocycles. The first-order valence-electron chi connectivity index (χ1n) is 10.7. The molecule has 0 atom stereocenters. The van der Waals surface area contributed by atoms with Gasteiger partial charge in [-0.2, -0.15) is 0 Å². The number of Topliss-reactive ketones (excluding diaryl/α,β-unsaturated/α-hetero) is 1. The van der Waals surface area contributed by atoms with Crippen LogP contribution in [0.4, 0.5) is 0 Å². The maximum Gasteiger partial charge on any atom is 0.261 e. The zero-order chi connectivity index (χ0) is 21.8. The third-order valence-electron chi connectivity index (χ3n) is 6.24. The second-order valence-electron chi connectivity index (χ2n) is 7.85. The summed E-state index contributed by atoms with van der Waals surface area (Å²) in [5, 5.41) is 0. The maximum absolute atomic E-state index is 13.4. The van der Waals surface area contributed by atoms with Crippen molar-refractivity contribution in [2.75, 3.05) is 14.2 Å². The topological polar surface area (TPSA) is 35.5 Å². The van der Waals surface area contributed by atoms with Crippen molar-refractivity contribution >= 4 is 11.4 Å². The molecule has 0 unspecified atom stereocenters. The van der Waals surface area contributed by atoms with Gasteiger partial charge in [-0.15, -0.1) is 0 Å².